The van der Waals surface area contributed by atoms with Gasteiger partial charge in [-0.15, -0.1) is 0 Å². The minimum absolute atomic E-state index is 0.0561. The molecule has 0 aliphatic carbocycles. The number of aryl methyl sites for hydroxylation is 1. The zero-order valence-electron chi connectivity index (χ0n) is 14.7. The fourth-order valence-electron chi connectivity index (χ4n) is 3.95. The van der Waals surface area contributed by atoms with Crippen molar-refractivity contribution in [3.63, 3.8) is 0 Å². The molecule has 0 spiro atoms. The van der Waals surface area contributed by atoms with Crippen LogP contribution in [0.15, 0.2) is 48.5 Å². The van der Waals surface area contributed by atoms with Gasteiger partial charge >= 0.3 is 0 Å². The lowest BCUT2D eigenvalue weighted by Crippen LogP contribution is -2.57. The molecule has 0 saturated carbocycles. The first-order chi connectivity index (χ1) is 12.6. The fourth-order valence-corrected chi connectivity index (χ4v) is 3.95. The third-order valence-electron chi connectivity index (χ3n) is 5.29. The van der Waals surface area contributed by atoms with E-state index in [0.717, 1.165) is 36.9 Å². The first kappa shape index (κ1) is 16.8. The molecule has 2 N–H and O–H groups in total. The SMILES string of the molecule is Nc1ccc(C(=O)C2CCCCN2N2C(=O)CCc3ccccc32)cc1. The van der Waals surface area contributed by atoms with Crippen molar-refractivity contribution in [1.82, 2.24) is 5.01 Å². The molecule has 1 saturated heterocycles. The third-order valence-corrected chi connectivity index (χ3v) is 5.29. The van der Waals surface area contributed by atoms with Gasteiger partial charge in [-0.25, -0.2) is 10.0 Å². The molecule has 5 heteroatoms. The second kappa shape index (κ2) is 6.92. The van der Waals surface area contributed by atoms with Crippen molar-refractivity contribution >= 4 is 23.1 Å². The van der Waals surface area contributed by atoms with Crippen molar-refractivity contribution in [2.45, 2.75) is 38.1 Å². The van der Waals surface area contributed by atoms with Gasteiger partial charge in [-0.05, 0) is 55.2 Å². The number of amides is 1. The molecule has 1 unspecified atom stereocenters. The van der Waals surface area contributed by atoms with Crippen LogP contribution in [0.1, 0.15) is 41.6 Å². The summed E-state index contributed by atoms with van der Waals surface area (Å²) in [5.41, 5.74) is 9.11. The molecule has 2 aliphatic heterocycles. The maximum Gasteiger partial charge on any atom is 0.241 e. The van der Waals surface area contributed by atoms with Crippen LogP contribution in [0.25, 0.3) is 0 Å². The summed E-state index contributed by atoms with van der Waals surface area (Å²) in [5, 5.41) is 3.75. The Morgan fingerprint density at radius 3 is 2.58 bits per heavy atom. The predicted octanol–water partition coefficient (Wildman–Crippen LogP) is 3.20. The number of rotatable bonds is 3. The number of piperidine rings is 1. The van der Waals surface area contributed by atoms with Crippen LogP contribution in [0, 0.1) is 0 Å². The van der Waals surface area contributed by atoms with Gasteiger partial charge in [-0.2, -0.15) is 0 Å². The van der Waals surface area contributed by atoms with Crippen LogP contribution in [0.2, 0.25) is 0 Å². The van der Waals surface area contributed by atoms with E-state index in [2.05, 4.69) is 6.07 Å². The predicted molar refractivity (Wildman–Crippen MR) is 102 cm³/mol. The van der Waals surface area contributed by atoms with E-state index in [0.29, 0.717) is 24.2 Å². The van der Waals surface area contributed by atoms with E-state index in [1.165, 1.54) is 0 Å². The zero-order chi connectivity index (χ0) is 18.1. The molecular formula is C21H23N3O2. The Morgan fingerprint density at radius 1 is 1.00 bits per heavy atom. The Hall–Kier alpha value is -2.66. The average Bonchev–Trinajstić information content (AvgIpc) is 2.68. The van der Waals surface area contributed by atoms with Crippen LogP contribution in [-0.2, 0) is 11.2 Å². The zero-order valence-corrected chi connectivity index (χ0v) is 14.7. The van der Waals surface area contributed by atoms with Gasteiger partial charge in [0.1, 0.15) is 0 Å². The molecule has 0 bridgehead atoms. The van der Waals surface area contributed by atoms with Gasteiger partial charge in [0.15, 0.2) is 5.78 Å². The first-order valence-corrected chi connectivity index (χ1v) is 9.22. The number of Topliss-reactive ketones (excluding diaryl/α,β-unsaturated/α-hetero) is 1. The van der Waals surface area contributed by atoms with Crippen molar-refractivity contribution in [1.29, 1.82) is 0 Å². The molecular weight excluding hydrogens is 326 g/mol. The molecule has 134 valence electrons. The molecule has 0 aromatic heterocycles. The Bertz CT molecular complexity index is 831. The number of hydrazine groups is 1. The van der Waals surface area contributed by atoms with E-state index >= 15 is 0 Å². The van der Waals surface area contributed by atoms with Gasteiger partial charge in [0.05, 0.1) is 11.7 Å². The van der Waals surface area contributed by atoms with Crippen LogP contribution < -0.4 is 10.7 Å². The maximum absolute atomic E-state index is 13.2. The van der Waals surface area contributed by atoms with Crippen molar-refractivity contribution in [3.05, 3.63) is 59.7 Å². The summed E-state index contributed by atoms with van der Waals surface area (Å²) in [7, 11) is 0. The smallest absolute Gasteiger partial charge is 0.241 e. The quantitative estimate of drug-likeness (QED) is 0.683. The highest BCUT2D eigenvalue weighted by atomic mass is 16.2. The lowest BCUT2D eigenvalue weighted by molar-refractivity contribution is -0.122. The highest BCUT2D eigenvalue weighted by molar-refractivity contribution is 6.02. The Morgan fingerprint density at radius 2 is 1.77 bits per heavy atom. The van der Waals surface area contributed by atoms with Gasteiger partial charge in [-0.3, -0.25) is 9.59 Å². The Kier molecular flexibility index (Phi) is 4.47. The van der Waals surface area contributed by atoms with E-state index in [1.54, 1.807) is 29.3 Å². The van der Waals surface area contributed by atoms with E-state index in [9.17, 15) is 9.59 Å². The number of ketones is 1. The van der Waals surface area contributed by atoms with Crippen molar-refractivity contribution in [2.75, 3.05) is 17.3 Å². The van der Waals surface area contributed by atoms with Crippen molar-refractivity contribution < 1.29 is 9.59 Å². The summed E-state index contributed by atoms with van der Waals surface area (Å²) in [4.78, 5) is 25.9. The van der Waals surface area contributed by atoms with Gasteiger partial charge < -0.3 is 5.73 Å². The normalized spacial score (nSPS) is 20.7. The Labute approximate surface area is 153 Å². The Balaban J connectivity index is 1.69. The highest BCUT2D eigenvalue weighted by Gasteiger charge is 2.38. The van der Waals surface area contributed by atoms with E-state index in [4.69, 9.17) is 5.73 Å². The second-order valence-corrected chi connectivity index (χ2v) is 7.00. The van der Waals surface area contributed by atoms with Gasteiger partial charge in [0, 0.05) is 24.2 Å². The van der Waals surface area contributed by atoms with E-state index in [-0.39, 0.29) is 17.7 Å². The number of fused-ring (bicyclic) bond motifs is 1. The van der Waals surface area contributed by atoms with Gasteiger partial charge in [0.2, 0.25) is 5.91 Å². The molecule has 2 aromatic carbocycles. The summed E-state index contributed by atoms with van der Waals surface area (Å²) in [5.74, 6) is 0.126. The van der Waals surface area contributed by atoms with Crippen LogP contribution in [-0.4, -0.2) is 29.3 Å². The minimum Gasteiger partial charge on any atom is -0.399 e. The topological polar surface area (TPSA) is 66.6 Å². The number of carbonyl (C=O) groups is 2. The molecule has 2 aromatic rings. The highest BCUT2D eigenvalue weighted by Crippen LogP contribution is 2.33. The molecule has 4 rings (SSSR count). The average molecular weight is 349 g/mol. The molecule has 2 heterocycles. The number of nitrogen functional groups attached to an aromatic ring is 1. The van der Waals surface area contributed by atoms with Crippen LogP contribution >= 0.6 is 0 Å². The van der Waals surface area contributed by atoms with Crippen LogP contribution in [0.5, 0.6) is 0 Å². The lowest BCUT2D eigenvalue weighted by Gasteiger charge is -2.44. The fraction of sp³-hybridized carbons (Fsp3) is 0.333. The number of hydrogen-bond acceptors (Lipinski definition) is 4. The minimum atomic E-state index is -0.317. The van der Waals surface area contributed by atoms with Gasteiger partial charge in [0.25, 0.3) is 0 Å². The van der Waals surface area contributed by atoms with Gasteiger partial charge in [-0.1, -0.05) is 24.6 Å². The second-order valence-electron chi connectivity index (χ2n) is 7.00. The summed E-state index contributed by atoms with van der Waals surface area (Å²) >= 11 is 0. The summed E-state index contributed by atoms with van der Waals surface area (Å²) < 4.78 is 0. The first-order valence-electron chi connectivity index (χ1n) is 9.22. The maximum atomic E-state index is 13.2. The number of carbonyl (C=O) groups excluding carboxylic acids is 2. The molecule has 2 aliphatic rings. The van der Waals surface area contributed by atoms with E-state index < -0.39 is 0 Å². The van der Waals surface area contributed by atoms with E-state index in [1.807, 2.05) is 23.2 Å². The molecule has 0 radical (unpaired) electrons. The molecule has 5 nitrogen and oxygen atoms in total. The standard InChI is InChI=1S/C21H23N3O2/c22-17-11-8-16(9-12-17)21(26)19-7-3-4-14-23(19)24-18-6-2-1-5-15(18)10-13-20(24)25/h1-2,5-6,8-9,11-12,19H,3-4,7,10,13-14,22H2. The number of anilines is 2. The molecule has 1 fully saturated rings. The van der Waals surface area contributed by atoms with Crippen molar-refractivity contribution in [3.8, 4) is 0 Å². The number of benzene rings is 2. The number of nitrogens with two attached hydrogens (primary N) is 1. The molecule has 26 heavy (non-hydrogen) atoms. The molecule has 1 amide bonds. The lowest BCUT2D eigenvalue weighted by atomic mass is 9.94. The summed E-state index contributed by atoms with van der Waals surface area (Å²) in [6.07, 6.45) is 3.98. The van der Waals surface area contributed by atoms with Crippen LogP contribution in [0.3, 0.4) is 0 Å². The monoisotopic (exact) mass is 349 g/mol. The third kappa shape index (κ3) is 2.99. The number of para-hydroxylation sites is 1. The number of nitrogens with zero attached hydrogens (tertiary/aromatic N) is 2. The largest absolute Gasteiger partial charge is 0.399 e. The summed E-state index contributed by atoms with van der Waals surface area (Å²) in [6.45, 7) is 0.714. The van der Waals surface area contributed by atoms with Crippen LogP contribution in [0.4, 0.5) is 11.4 Å². The van der Waals surface area contributed by atoms with Crippen molar-refractivity contribution in [2.24, 2.45) is 0 Å². The summed E-state index contributed by atoms with van der Waals surface area (Å²) in [6, 6.07) is 14.7. The number of hydrogen-bond donors (Lipinski definition) is 1. The molecule has 1 atom stereocenters.